The number of cyclic esters (lactones) is 5. The number of anilines is 6. The van der Waals surface area contributed by atoms with Crippen molar-refractivity contribution < 1.29 is 139 Å². The largest absolute Gasteiger partial charge is 0.491 e. The predicted octanol–water partition coefficient (Wildman–Crippen LogP) is 11.7. The van der Waals surface area contributed by atoms with E-state index in [1.165, 1.54) is 11.8 Å². The average molecular weight is 2140 g/mol. The van der Waals surface area contributed by atoms with Crippen LogP contribution in [0.15, 0.2) is 127 Å². The van der Waals surface area contributed by atoms with Gasteiger partial charge in [-0.3, -0.25) is 19.2 Å². The van der Waals surface area contributed by atoms with Crippen LogP contribution in [0, 0.1) is 23.2 Å². The van der Waals surface area contributed by atoms with E-state index in [9.17, 15) is 87.1 Å². The molecule has 6 fully saturated rings. The summed E-state index contributed by atoms with van der Waals surface area (Å²) < 4.78 is 200. The number of fused-ring (bicyclic) bond motifs is 15. The van der Waals surface area contributed by atoms with E-state index in [4.69, 9.17) is 93.0 Å². The van der Waals surface area contributed by atoms with Gasteiger partial charge in [-0.05, 0) is 117 Å². The van der Waals surface area contributed by atoms with Crippen LogP contribution < -0.4 is 81.8 Å². The maximum absolute atomic E-state index is 13.4. The Morgan fingerprint density at radius 3 is 0.993 bits per heavy atom. The Morgan fingerprint density at radius 1 is 0.400 bits per heavy atom. The van der Waals surface area contributed by atoms with Gasteiger partial charge in [0.15, 0.2) is 29.1 Å². The van der Waals surface area contributed by atoms with Crippen molar-refractivity contribution in [1.82, 2.24) is 47.8 Å². The molecular weight excluding hydrogens is 2030 g/mol. The van der Waals surface area contributed by atoms with Crippen LogP contribution in [0.5, 0.6) is 28.7 Å². The number of benzene rings is 5. The Morgan fingerprint density at radius 2 is 0.700 bits per heavy atom. The van der Waals surface area contributed by atoms with Gasteiger partial charge in [0.2, 0.25) is 23.6 Å². The van der Waals surface area contributed by atoms with Crippen LogP contribution >= 0.6 is 24.0 Å². The number of alkyl halides is 10. The second-order valence-electron chi connectivity index (χ2n) is 37.2. The van der Waals surface area contributed by atoms with E-state index in [0.717, 1.165) is 57.3 Å². The van der Waals surface area contributed by atoms with E-state index in [2.05, 4.69) is 24.9 Å². The molecule has 16 heterocycles. The number of hydrogen-bond donors (Lipinski definition) is 5. The summed E-state index contributed by atoms with van der Waals surface area (Å²) in [5.41, 5.74) is 33.6. The first-order chi connectivity index (χ1) is 71.6. The molecule has 0 bridgehead atoms. The predicted molar refractivity (Wildman–Crippen MR) is 522 cm³/mol. The zero-order chi connectivity index (χ0) is 107. The molecule has 11 aliphatic rings. The number of carbonyl (C=O) groups is 9. The number of thioether (sulfide) groups is 1. The van der Waals surface area contributed by atoms with Gasteiger partial charge < -0.3 is 109 Å². The lowest BCUT2D eigenvalue weighted by molar-refractivity contribution is -0.132. The standard InChI is InChI=1S/C21H22F2N4O5.C20H22F2N4O4.C19H21F2N5O4.C19H20F2N4O3S.C18H18F2N4O4S/c22-18(23)15-10-32-21(29)27(15)17-7-26-3-4-31-16-6-11(1-2-13(16)20(26)25-17)5-14(19(24)28)12-8-30-9-12;1-20(2,18(23)27)8-11-3-4-12-14(7-11)29-6-5-25-9-15(24-17(12)25)26-13(16(21)22)10-30-19(26)28;1-10(17(22)27)24(2)11-3-4-12-14(7-11)29-6-5-25-8-15(23-18(12)25)26-13(16(20)21)9-30-19(26)28;1-10(17(22)29)6-11-2-3-12-14(7-11)27-5-4-24-8-15(23-18(12)24)25-13(16(20)21)9-28-19(25)26;1-9(16(21)25)29-10-2-3-11-13(6-10)27-5-4-23-7-14(22-17(11)23)24-12(15(19)20)8-28-18(24)26/h1-2,6-7,12,14-15,18H,3-5,8-10H2,(H2,24,28);3-4,7,9,13,16H,5-6,8,10H2,1-2H3,(H2,23,27);3-4,7-8,10,13,16H,5-6,9H2,1-2H3,(H2,22,27);2-3,7-8,10,13,16H,4-6,9H2,1H3,(H2,22,29);2-3,6-7,9,12,15H,4-5,8H2,1H3,(H2,21,25)/t14-,15-;13-;10-,13-;10-,13+;9-,12-/m00010/s1. The second-order valence-corrected chi connectivity index (χ2v) is 39.1. The van der Waals surface area contributed by atoms with Crippen molar-refractivity contribution in [2.24, 2.45) is 51.8 Å². The van der Waals surface area contributed by atoms with Gasteiger partial charge in [0.05, 0.1) is 84.0 Å². The molecule has 53 heteroatoms. The minimum atomic E-state index is -2.75. The zero-order valence-electron chi connectivity index (χ0n) is 81.2. The number of likely N-dealkylation sites (N-methyl/N-ethyl adjacent to an activating group) is 1. The fourth-order valence-electron chi connectivity index (χ4n) is 18.1. The van der Waals surface area contributed by atoms with Crippen molar-refractivity contribution in [3.63, 3.8) is 0 Å². The average Bonchev–Trinajstić information content (AvgIpc) is 1.63. The number of nitrogens with zero attached hydrogens (tertiary/aromatic N) is 16. The quantitative estimate of drug-likeness (QED) is 0.0145. The van der Waals surface area contributed by atoms with Gasteiger partial charge in [0, 0.05) is 77.8 Å². The second kappa shape index (κ2) is 44.2. The van der Waals surface area contributed by atoms with Crippen molar-refractivity contribution in [3.8, 4) is 85.7 Å². The maximum atomic E-state index is 13.4. The van der Waals surface area contributed by atoms with Crippen LogP contribution in [0.3, 0.4) is 0 Å². The van der Waals surface area contributed by atoms with E-state index < -0.39 is 127 Å². The summed E-state index contributed by atoms with van der Waals surface area (Å²) >= 11 is 6.35. The van der Waals surface area contributed by atoms with Gasteiger partial charge in [-0.2, -0.15) is 0 Å². The molecule has 5 aromatic heterocycles. The molecule has 6 saturated heterocycles. The molecular formula is C97H103F10N21O20S2. The van der Waals surface area contributed by atoms with Crippen molar-refractivity contribution in [1.29, 1.82) is 0 Å². The lowest BCUT2D eigenvalue weighted by atomic mass is 9.85. The molecule has 9 amide bonds. The van der Waals surface area contributed by atoms with E-state index in [1.54, 1.807) is 124 Å². The molecule has 10 aromatic rings. The van der Waals surface area contributed by atoms with Crippen molar-refractivity contribution in [2.45, 2.75) is 165 Å². The zero-order valence-corrected chi connectivity index (χ0v) is 82.8. The Hall–Kier alpha value is -15.3. The topological polar surface area (TPSA) is 494 Å². The van der Waals surface area contributed by atoms with E-state index in [0.29, 0.717) is 183 Å². The number of aromatic nitrogens is 10. The van der Waals surface area contributed by atoms with Crippen LogP contribution in [-0.2, 0) is 99.6 Å². The number of primary amides is 4. The minimum absolute atomic E-state index is 0.0508. The molecule has 10 N–H and O–H groups in total. The number of carbonyl (C=O) groups excluding carboxylic acids is 9. The van der Waals surface area contributed by atoms with Gasteiger partial charge in [0.1, 0.15) is 160 Å². The lowest BCUT2D eigenvalue weighted by Crippen LogP contribution is -2.42. The molecule has 11 aliphatic heterocycles. The third-order valence-electron chi connectivity index (χ3n) is 26.8. The highest BCUT2D eigenvalue weighted by Gasteiger charge is 2.49. The smallest absolute Gasteiger partial charge is 0.416 e. The van der Waals surface area contributed by atoms with E-state index in [-0.39, 0.29) is 85.8 Å². The summed E-state index contributed by atoms with van der Waals surface area (Å²) in [6.07, 6.45) is -8.52. The van der Waals surface area contributed by atoms with Gasteiger partial charge in [-0.25, -0.2) is 117 Å². The summed E-state index contributed by atoms with van der Waals surface area (Å²) in [6.45, 7) is 12.0. The first-order valence-electron chi connectivity index (χ1n) is 47.4. The van der Waals surface area contributed by atoms with Crippen LogP contribution in [0.2, 0.25) is 0 Å². The Kier molecular flexibility index (Phi) is 31.3. The van der Waals surface area contributed by atoms with E-state index in [1.807, 2.05) is 67.6 Å². The summed E-state index contributed by atoms with van der Waals surface area (Å²) in [7, 11) is 1.75. The van der Waals surface area contributed by atoms with Crippen LogP contribution in [0.1, 0.15) is 51.3 Å². The number of halogens is 10. The Balaban J connectivity index is 0.000000128. The van der Waals surface area contributed by atoms with Crippen LogP contribution in [0.4, 0.5) is 103 Å². The molecule has 9 atom stereocenters. The number of rotatable bonds is 26. The fraction of sp³-hybridized carbons (Fsp3) is 0.433. The highest BCUT2D eigenvalue weighted by molar-refractivity contribution is 8.00. The van der Waals surface area contributed by atoms with E-state index >= 15 is 0 Å². The van der Waals surface area contributed by atoms with Crippen molar-refractivity contribution in [3.05, 3.63) is 139 Å². The molecule has 0 saturated carbocycles. The minimum Gasteiger partial charge on any atom is -0.491 e. The van der Waals surface area contributed by atoms with Gasteiger partial charge >= 0.3 is 30.5 Å². The molecule has 0 spiro atoms. The van der Waals surface area contributed by atoms with Crippen LogP contribution in [0.25, 0.3) is 56.9 Å². The first-order valence-corrected chi connectivity index (χ1v) is 48.7. The van der Waals surface area contributed by atoms with Gasteiger partial charge in [0.25, 0.3) is 32.1 Å². The summed E-state index contributed by atoms with van der Waals surface area (Å²) in [6, 6.07) is 20.1. The van der Waals surface area contributed by atoms with Gasteiger partial charge in [-0.15, -0.1) is 11.8 Å². The maximum Gasteiger partial charge on any atom is 0.416 e. The van der Waals surface area contributed by atoms with Crippen molar-refractivity contribution in [2.75, 3.05) is 116 Å². The lowest BCUT2D eigenvalue weighted by Gasteiger charge is -2.32. The number of imidazole rings is 5. The number of hydrogen-bond acceptors (Lipinski definition) is 28. The molecule has 0 radical (unpaired) electrons. The van der Waals surface area contributed by atoms with Crippen LogP contribution in [-0.4, -0.2) is 267 Å². The third kappa shape index (κ3) is 22.2. The Bertz CT molecular complexity index is 6670. The molecule has 5 aromatic carbocycles. The molecule has 41 nitrogen and oxygen atoms in total. The number of ether oxygens (including phenoxy) is 11. The molecule has 21 rings (SSSR count). The normalized spacial score (nSPS) is 19.5. The number of nitrogens with two attached hydrogens (primary N) is 5. The monoisotopic (exact) mass is 2140 g/mol. The highest BCUT2D eigenvalue weighted by atomic mass is 32.2. The number of amides is 9. The van der Waals surface area contributed by atoms with Crippen molar-refractivity contribution >= 4 is 118 Å². The summed E-state index contributed by atoms with van der Waals surface area (Å²) in [5, 5.41) is -0.403. The molecule has 0 aliphatic carbocycles. The first kappa shape index (κ1) is 106. The Labute approximate surface area is 857 Å². The molecule has 798 valence electrons. The van der Waals surface area contributed by atoms with Gasteiger partial charge in [-0.1, -0.05) is 51.2 Å². The summed E-state index contributed by atoms with van der Waals surface area (Å²) in [5.74, 6) is 4.20. The molecule has 0 unspecified atom stereocenters. The SMILES string of the molecule is CC(C)(Cc1ccc2c(c1)OCCn1cc(N3C(=O)OC[C@H]3C(F)F)nc1-2)C(N)=O.C[C@@H](C(N)=O)N(C)c1ccc2c(c1)OCCn1cc(N3C(=O)OC[C@H]3C(F)F)nc1-2.C[C@H](Cc1ccc2c(c1)OCCn1cc(N3C(=O)OC[C@H]3C(F)F)nc1-2)C(N)=S.C[C@H](Sc1ccc2c(c1)OCCn1cc(N3C(=O)OC[C@H]3C(F)F)nc1-2)C(N)=O.NC(=O)[C@@H](Cc1ccc2c(c1)OCCn1cc(N3C(=O)OC[C@H]3C(F)F)nc1-2)C1COC1. The summed E-state index contributed by atoms with van der Waals surface area (Å²) in [4.78, 5) is 136. The number of thiocarbonyl (C=S) groups is 1. The fourth-order valence-corrected chi connectivity index (χ4v) is 19.0. The third-order valence-corrected chi connectivity index (χ3v) is 28.3. The highest BCUT2D eigenvalue weighted by Crippen LogP contribution is 2.46. The molecule has 150 heavy (non-hydrogen) atoms.